The van der Waals surface area contributed by atoms with E-state index in [9.17, 15) is 13.2 Å². The summed E-state index contributed by atoms with van der Waals surface area (Å²) in [5, 5.41) is 2.98. The smallest absolute Gasteiger partial charge is 0.419 e. The topological polar surface area (TPSA) is 21.3 Å². The Bertz CT molecular complexity index is 385. The van der Waals surface area contributed by atoms with E-state index in [1.54, 1.807) is 6.07 Å². The van der Waals surface area contributed by atoms with Gasteiger partial charge >= 0.3 is 6.18 Å². The molecule has 116 valence electrons. The molecule has 0 aliphatic heterocycles. The zero-order chi connectivity index (χ0) is 14.3. The molecule has 1 aromatic carbocycles. The molecule has 1 atom stereocenters. The van der Waals surface area contributed by atoms with Crippen molar-refractivity contribution in [3.05, 3.63) is 29.8 Å². The van der Waals surface area contributed by atoms with Crippen LogP contribution >= 0.6 is 12.4 Å². The van der Waals surface area contributed by atoms with Gasteiger partial charge in [-0.3, -0.25) is 0 Å². The lowest BCUT2D eigenvalue weighted by Gasteiger charge is -2.21. The number of hydrogen-bond donors (Lipinski definition) is 1. The van der Waals surface area contributed by atoms with Crippen LogP contribution in [0.3, 0.4) is 0 Å². The molecule has 0 amide bonds. The van der Waals surface area contributed by atoms with Crippen molar-refractivity contribution < 1.29 is 17.9 Å². The first-order chi connectivity index (χ1) is 8.99. The van der Waals surface area contributed by atoms with E-state index in [2.05, 4.69) is 5.32 Å². The maximum atomic E-state index is 12.8. The van der Waals surface area contributed by atoms with Crippen LogP contribution in [0.15, 0.2) is 24.3 Å². The highest BCUT2D eigenvalue weighted by molar-refractivity contribution is 5.85. The van der Waals surface area contributed by atoms with Crippen LogP contribution in [0.4, 0.5) is 13.2 Å². The third kappa shape index (κ3) is 6.01. The number of nitrogens with one attached hydrogen (secondary N) is 1. The number of rotatable bonds is 7. The van der Waals surface area contributed by atoms with Crippen LogP contribution < -0.4 is 10.1 Å². The zero-order valence-corrected chi connectivity index (χ0v) is 12.5. The molecule has 0 unspecified atom stereocenters. The summed E-state index contributed by atoms with van der Waals surface area (Å²) in [5.74, 6) is -0.0791. The lowest BCUT2D eigenvalue weighted by atomic mass is 10.1. The number of ether oxygens (including phenoxy) is 1. The van der Waals surface area contributed by atoms with E-state index in [4.69, 9.17) is 4.74 Å². The average Bonchev–Trinajstić information content (AvgIpc) is 2.35. The van der Waals surface area contributed by atoms with Gasteiger partial charge in [0.15, 0.2) is 0 Å². The second-order valence-corrected chi connectivity index (χ2v) is 4.41. The van der Waals surface area contributed by atoms with Crippen LogP contribution in [0, 0.1) is 0 Å². The number of alkyl halides is 3. The summed E-state index contributed by atoms with van der Waals surface area (Å²) in [6.07, 6.45) is -2.26. The molecule has 2 nitrogen and oxygen atoms in total. The van der Waals surface area contributed by atoms with E-state index in [1.165, 1.54) is 12.1 Å². The summed E-state index contributed by atoms with van der Waals surface area (Å²) in [5.41, 5.74) is -0.708. The van der Waals surface area contributed by atoms with E-state index in [-0.39, 0.29) is 24.3 Å². The summed E-state index contributed by atoms with van der Waals surface area (Å²) >= 11 is 0. The van der Waals surface area contributed by atoms with Gasteiger partial charge in [-0.15, -0.1) is 12.4 Å². The first kappa shape index (κ1) is 19.1. The van der Waals surface area contributed by atoms with Crippen LogP contribution in [0.25, 0.3) is 0 Å². The normalized spacial score (nSPS) is 12.7. The molecule has 20 heavy (non-hydrogen) atoms. The maximum absolute atomic E-state index is 12.8. The zero-order valence-electron chi connectivity index (χ0n) is 11.7. The number of hydrogen-bond acceptors (Lipinski definition) is 2. The Balaban J connectivity index is 0.00000361. The molecule has 0 heterocycles. The fourth-order valence-electron chi connectivity index (χ4n) is 1.87. The van der Waals surface area contributed by atoms with E-state index in [0.29, 0.717) is 6.42 Å². The minimum atomic E-state index is -4.38. The summed E-state index contributed by atoms with van der Waals surface area (Å²) in [4.78, 5) is 0. The Kier molecular flexibility index (Phi) is 8.65. The molecular formula is C14H21ClF3NO. The molecule has 1 aromatic rings. The standard InChI is InChI=1S/C14H20F3NO.ClH/c1-3-6-11(9-10-18-2)19-13-8-5-4-7-12(13)14(15,16)17;/h4-5,7-8,11,18H,3,6,9-10H2,1-2H3;1H/t11-;/m1./s1. The molecule has 0 spiro atoms. The van der Waals surface area contributed by atoms with Crippen molar-refractivity contribution in [3.8, 4) is 5.75 Å². The van der Waals surface area contributed by atoms with Crippen molar-refractivity contribution in [1.82, 2.24) is 5.32 Å². The molecule has 0 radical (unpaired) electrons. The first-order valence-corrected chi connectivity index (χ1v) is 6.46. The number of para-hydroxylation sites is 1. The van der Waals surface area contributed by atoms with Crippen LogP contribution in [0.1, 0.15) is 31.7 Å². The van der Waals surface area contributed by atoms with Gasteiger partial charge in [-0.2, -0.15) is 13.2 Å². The van der Waals surface area contributed by atoms with Gasteiger partial charge in [0, 0.05) is 0 Å². The lowest BCUT2D eigenvalue weighted by Crippen LogP contribution is -2.23. The fourth-order valence-corrected chi connectivity index (χ4v) is 1.87. The quantitative estimate of drug-likeness (QED) is 0.811. The van der Waals surface area contributed by atoms with Crippen LogP contribution in [-0.2, 0) is 6.18 Å². The Morgan fingerprint density at radius 3 is 2.40 bits per heavy atom. The van der Waals surface area contributed by atoms with Gasteiger partial charge in [0.25, 0.3) is 0 Å². The summed E-state index contributed by atoms with van der Waals surface area (Å²) in [6.45, 7) is 2.71. The largest absolute Gasteiger partial charge is 0.490 e. The molecule has 0 bridgehead atoms. The molecule has 6 heteroatoms. The van der Waals surface area contributed by atoms with Gasteiger partial charge in [0.05, 0.1) is 11.7 Å². The lowest BCUT2D eigenvalue weighted by molar-refractivity contribution is -0.139. The number of halogens is 4. The van der Waals surface area contributed by atoms with Gasteiger partial charge in [-0.1, -0.05) is 25.5 Å². The third-order valence-corrected chi connectivity index (χ3v) is 2.81. The average molecular weight is 312 g/mol. The molecule has 0 fully saturated rings. The van der Waals surface area contributed by atoms with Crippen LogP contribution in [0.2, 0.25) is 0 Å². The van der Waals surface area contributed by atoms with E-state index >= 15 is 0 Å². The molecule has 1 rings (SSSR count). The fraction of sp³-hybridized carbons (Fsp3) is 0.571. The van der Waals surface area contributed by atoms with Crippen LogP contribution in [-0.4, -0.2) is 19.7 Å². The van der Waals surface area contributed by atoms with Crippen molar-refractivity contribution in [2.45, 2.75) is 38.5 Å². The summed E-state index contributed by atoms with van der Waals surface area (Å²) < 4.78 is 44.1. The molecule has 0 aliphatic carbocycles. The Morgan fingerprint density at radius 2 is 1.85 bits per heavy atom. The minimum Gasteiger partial charge on any atom is -0.490 e. The van der Waals surface area contributed by atoms with Gasteiger partial charge in [-0.25, -0.2) is 0 Å². The van der Waals surface area contributed by atoms with Gasteiger partial charge < -0.3 is 10.1 Å². The SMILES string of the molecule is CCC[C@H](CCNC)Oc1ccccc1C(F)(F)F.Cl. The van der Waals surface area contributed by atoms with Crippen molar-refractivity contribution in [1.29, 1.82) is 0 Å². The Hall–Kier alpha value is -0.940. The molecule has 0 saturated heterocycles. The highest BCUT2D eigenvalue weighted by atomic mass is 35.5. The van der Waals surface area contributed by atoms with Gasteiger partial charge in [0.1, 0.15) is 5.75 Å². The highest BCUT2D eigenvalue weighted by Gasteiger charge is 2.34. The molecule has 0 saturated carbocycles. The predicted octanol–water partition coefficient (Wildman–Crippen LogP) is 4.28. The maximum Gasteiger partial charge on any atom is 0.419 e. The summed E-state index contributed by atoms with van der Waals surface area (Å²) in [7, 11) is 1.81. The van der Waals surface area contributed by atoms with E-state index in [1.807, 2.05) is 14.0 Å². The van der Waals surface area contributed by atoms with Crippen molar-refractivity contribution in [2.24, 2.45) is 0 Å². The van der Waals surface area contributed by atoms with Crippen LogP contribution in [0.5, 0.6) is 5.75 Å². The van der Waals surface area contributed by atoms with Crippen molar-refractivity contribution in [2.75, 3.05) is 13.6 Å². The minimum absolute atomic E-state index is 0. The number of benzene rings is 1. The molecular weight excluding hydrogens is 291 g/mol. The Labute approximate surface area is 124 Å². The van der Waals surface area contributed by atoms with Crippen molar-refractivity contribution in [3.63, 3.8) is 0 Å². The van der Waals surface area contributed by atoms with E-state index < -0.39 is 11.7 Å². The van der Waals surface area contributed by atoms with Gasteiger partial charge in [0.2, 0.25) is 0 Å². The molecule has 0 aromatic heterocycles. The highest BCUT2D eigenvalue weighted by Crippen LogP contribution is 2.36. The predicted molar refractivity (Wildman–Crippen MR) is 76.6 cm³/mol. The first-order valence-electron chi connectivity index (χ1n) is 6.46. The third-order valence-electron chi connectivity index (χ3n) is 2.81. The molecule has 1 N–H and O–H groups in total. The second kappa shape index (κ2) is 9.08. The van der Waals surface area contributed by atoms with Gasteiger partial charge in [-0.05, 0) is 38.6 Å². The van der Waals surface area contributed by atoms with Crippen molar-refractivity contribution >= 4 is 12.4 Å². The molecule has 0 aliphatic rings. The Morgan fingerprint density at radius 1 is 1.20 bits per heavy atom. The van der Waals surface area contributed by atoms with E-state index in [0.717, 1.165) is 25.5 Å². The summed E-state index contributed by atoms with van der Waals surface area (Å²) in [6, 6.07) is 5.37. The monoisotopic (exact) mass is 311 g/mol. The second-order valence-electron chi connectivity index (χ2n) is 4.41.